The molecule has 3 rings (SSSR count). The van der Waals surface area contributed by atoms with Gasteiger partial charge in [0.05, 0.1) is 33.5 Å². The van der Waals surface area contributed by atoms with E-state index in [2.05, 4.69) is 10.3 Å². The SMILES string of the molecule is CCOC(=O)C(C(=O)OCC)C(Nc1nc2cc(Cl)ccc2o1)c1cc(OC)ccc1OC. The number of carbonyl (C=O) groups excluding carboxylic acids is 2. The van der Waals surface area contributed by atoms with Crippen molar-refractivity contribution in [1.29, 1.82) is 0 Å². The van der Waals surface area contributed by atoms with Gasteiger partial charge in [0.1, 0.15) is 17.0 Å². The summed E-state index contributed by atoms with van der Waals surface area (Å²) in [6.45, 7) is 3.47. The average molecular weight is 477 g/mol. The fraction of sp³-hybridized carbons (Fsp3) is 0.348. The number of hydrogen-bond acceptors (Lipinski definition) is 9. The molecule has 0 bridgehead atoms. The summed E-state index contributed by atoms with van der Waals surface area (Å²) in [7, 11) is 2.99. The van der Waals surface area contributed by atoms with Crippen LogP contribution in [0, 0.1) is 5.92 Å². The summed E-state index contributed by atoms with van der Waals surface area (Å²) in [5.41, 5.74) is 1.43. The Hall–Kier alpha value is -3.46. The summed E-state index contributed by atoms with van der Waals surface area (Å²) >= 11 is 6.05. The number of aromatic nitrogens is 1. The lowest BCUT2D eigenvalue weighted by Crippen LogP contribution is -2.37. The van der Waals surface area contributed by atoms with Gasteiger partial charge in [-0.15, -0.1) is 0 Å². The van der Waals surface area contributed by atoms with E-state index in [9.17, 15) is 9.59 Å². The molecule has 0 saturated heterocycles. The lowest BCUT2D eigenvalue weighted by atomic mass is 9.92. The Labute approximate surface area is 195 Å². The maximum absolute atomic E-state index is 12.9. The fourth-order valence-electron chi connectivity index (χ4n) is 3.35. The molecule has 1 N–H and O–H groups in total. The van der Waals surface area contributed by atoms with Gasteiger partial charge in [-0.2, -0.15) is 4.98 Å². The molecule has 9 nitrogen and oxygen atoms in total. The summed E-state index contributed by atoms with van der Waals surface area (Å²) in [5, 5.41) is 3.54. The Morgan fingerprint density at radius 1 is 1.03 bits per heavy atom. The van der Waals surface area contributed by atoms with Gasteiger partial charge in [0.15, 0.2) is 11.5 Å². The first-order valence-corrected chi connectivity index (χ1v) is 10.7. The molecule has 0 spiro atoms. The molecule has 1 atom stereocenters. The maximum Gasteiger partial charge on any atom is 0.322 e. The molecular formula is C23H25ClN2O7. The first-order chi connectivity index (χ1) is 15.9. The number of nitrogens with zero attached hydrogens (tertiary/aromatic N) is 1. The van der Waals surface area contributed by atoms with Gasteiger partial charge in [-0.3, -0.25) is 9.59 Å². The summed E-state index contributed by atoms with van der Waals surface area (Å²) in [6.07, 6.45) is 0. The predicted octanol–water partition coefficient (Wildman–Crippen LogP) is 4.39. The van der Waals surface area contributed by atoms with Crippen molar-refractivity contribution in [2.75, 3.05) is 32.8 Å². The number of oxazole rings is 1. The Morgan fingerprint density at radius 3 is 2.33 bits per heavy atom. The smallest absolute Gasteiger partial charge is 0.322 e. The number of ether oxygens (including phenoxy) is 4. The molecule has 0 fully saturated rings. The third-order valence-electron chi connectivity index (χ3n) is 4.81. The van der Waals surface area contributed by atoms with Gasteiger partial charge in [0.2, 0.25) is 0 Å². The largest absolute Gasteiger partial charge is 0.497 e. The number of carbonyl (C=O) groups is 2. The van der Waals surface area contributed by atoms with Crippen LogP contribution in [0.2, 0.25) is 5.02 Å². The fourth-order valence-corrected chi connectivity index (χ4v) is 3.52. The molecule has 0 radical (unpaired) electrons. The van der Waals surface area contributed by atoms with E-state index in [-0.39, 0.29) is 19.2 Å². The molecule has 0 amide bonds. The summed E-state index contributed by atoms with van der Waals surface area (Å²) in [4.78, 5) is 30.3. The van der Waals surface area contributed by atoms with Gasteiger partial charge in [0, 0.05) is 10.6 Å². The Balaban J connectivity index is 2.15. The third-order valence-corrected chi connectivity index (χ3v) is 5.05. The number of anilines is 1. The quantitative estimate of drug-likeness (QED) is 0.336. The predicted molar refractivity (Wildman–Crippen MR) is 122 cm³/mol. The van der Waals surface area contributed by atoms with Crippen molar-refractivity contribution in [1.82, 2.24) is 4.98 Å². The lowest BCUT2D eigenvalue weighted by molar-refractivity contribution is -0.162. The number of esters is 2. The lowest BCUT2D eigenvalue weighted by Gasteiger charge is -2.26. The molecule has 0 aliphatic carbocycles. The van der Waals surface area contributed by atoms with Crippen LogP contribution in [0.25, 0.3) is 11.1 Å². The molecule has 2 aromatic carbocycles. The standard InChI is InChI=1S/C23H25ClN2O7/c1-5-31-21(27)19(22(28)32-6-2)20(15-12-14(29-3)8-10-17(15)30-4)26-23-25-16-11-13(24)7-9-18(16)33-23/h7-12,19-20H,5-6H2,1-4H3,(H,25,26). The van der Waals surface area contributed by atoms with E-state index < -0.39 is 23.9 Å². The zero-order valence-electron chi connectivity index (χ0n) is 18.7. The molecule has 176 valence electrons. The van der Waals surface area contributed by atoms with Crippen LogP contribution in [-0.2, 0) is 19.1 Å². The van der Waals surface area contributed by atoms with Crippen LogP contribution in [0.3, 0.4) is 0 Å². The summed E-state index contributed by atoms with van der Waals surface area (Å²) in [6, 6.07) is 9.05. The van der Waals surface area contributed by atoms with Crippen LogP contribution in [-0.4, -0.2) is 44.4 Å². The van der Waals surface area contributed by atoms with Crippen molar-refractivity contribution in [3.05, 3.63) is 47.0 Å². The van der Waals surface area contributed by atoms with Crippen LogP contribution >= 0.6 is 11.6 Å². The highest BCUT2D eigenvalue weighted by Gasteiger charge is 2.41. The van der Waals surface area contributed by atoms with E-state index >= 15 is 0 Å². The first kappa shape index (κ1) is 24.2. The topological polar surface area (TPSA) is 109 Å². The highest BCUT2D eigenvalue weighted by Crippen LogP contribution is 2.37. The number of methoxy groups -OCH3 is 2. The molecule has 3 aromatic rings. The minimum atomic E-state index is -1.38. The van der Waals surface area contributed by atoms with Gasteiger partial charge in [-0.1, -0.05) is 11.6 Å². The van der Waals surface area contributed by atoms with Crippen LogP contribution in [0.4, 0.5) is 6.01 Å². The number of fused-ring (bicyclic) bond motifs is 1. The van der Waals surface area contributed by atoms with E-state index in [1.807, 2.05) is 0 Å². The molecule has 0 saturated carbocycles. The van der Waals surface area contributed by atoms with E-state index in [4.69, 9.17) is 35.0 Å². The normalized spacial score (nSPS) is 11.8. The van der Waals surface area contributed by atoms with Crippen LogP contribution in [0.15, 0.2) is 40.8 Å². The third kappa shape index (κ3) is 5.48. The summed E-state index contributed by atoms with van der Waals surface area (Å²) < 4.78 is 27.0. The molecule has 10 heteroatoms. The van der Waals surface area contributed by atoms with Crippen LogP contribution in [0.5, 0.6) is 11.5 Å². The molecular weight excluding hydrogens is 452 g/mol. The Kier molecular flexibility index (Phi) is 8.00. The van der Waals surface area contributed by atoms with E-state index in [0.29, 0.717) is 33.2 Å². The van der Waals surface area contributed by atoms with Crippen molar-refractivity contribution >= 4 is 40.7 Å². The minimum Gasteiger partial charge on any atom is -0.497 e. The molecule has 1 heterocycles. The Morgan fingerprint density at radius 2 is 1.73 bits per heavy atom. The average Bonchev–Trinajstić information content (AvgIpc) is 3.20. The molecule has 0 aliphatic heterocycles. The van der Waals surface area contributed by atoms with Gasteiger partial charge >= 0.3 is 11.9 Å². The molecule has 0 aliphatic rings. The number of rotatable bonds is 10. The van der Waals surface area contributed by atoms with Gasteiger partial charge < -0.3 is 28.7 Å². The monoisotopic (exact) mass is 476 g/mol. The number of nitrogens with one attached hydrogen (secondary N) is 1. The summed E-state index contributed by atoms with van der Waals surface area (Å²) in [5.74, 6) is -2.01. The number of hydrogen-bond donors (Lipinski definition) is 1. The highest BCUT2D eigenvalue weighted by atomic mass is 35.5. The minimum absolute atomic E-state index is 0.0701. The maximum atomic E-state index is 12.9. The molecule has 33 heavy (non-hydrogen) atoms. The zero-order chi connectivity index (χ0) is 24.0. The second-order valence-corrected chi connectivity index (χ2v) is 7.28. The second-order valence-electron chi connectivity index (χ2n) is 6.84. The van der Waals surface area contributed by atoms with Crippen molar-refractivity contribution in [2.45, 2.75) is 19.9 Å². The molecule has 1 unspecified atom stereocenters. The van der Waals surface area contributed by atoms with Gasteiger partial charge in [-0.25, -0.2) is 0 Å². The van der Waals surface area contributed by atoms with Crippen molar-refractivity contribution in [3.8, 4) is 11.5 Å². The van der Waals surface area contributed by atoms with E-state index in [1.165, 1.54) is 14.2 Å². The van der Waals surface area contributed by atoms with Gasteiger partial charge in [0.25, 0.3) is 6.01 Å². The van der Waals surface area contributed by atoms with Crippen molar-refractivity contribution in [3.63, 3.8) is 0 Å². The second kappa shape index (κ2) is 10.9. The van der Waals surface area contributed by atoms with E-state index in [1.54, 1.807) is 50.2 Å². The van der Waals surface area contributed by atoms with Crippen molar-refractivity contribution < 1.29 is 33.0 Å². The highest BCUT2D eigenvalue weighted by molar-refractivity contribution is 6.31. The van der Waals surface area contributed by atoms with Crippen LogP contribution < -0.4 is 14.8 Å². The first-order valence-electron chi connectivity index (χ1n) is 10.3. The van der Waals surface area contributed by atoms with E-state index in [0.717, 1.165) is 0 Å². The number of halogens is 1. The zero-order valence-corrected chi connectivity index (χ0v) is 19.5. The van der Waals surface area contributed by atoms with Gasteiger partial charge in [-0.05, 0) is 50.2 Å². The van der Waals surface area contributed by atoms with Crippen molar-refractivity contribution in [2.24, 2.45) is 5.92 Å². The Bertz CT molecular complexity index is 1110. The molecule has 1 aromatic heterocycles. The van der Waals surface area contributed by atoms with Crippen LogP contribution in [0.1, 0.15) is 25.5 Å². The number of benzene rings is 2.